The first-order valence-corrected chi connectivity index (χ1v) is 8.81. The van der Waals surface area contributed by atoms with Crippen LogP contribution in [0.5, 0.6) is 0 Å². The van der Waals surface area contributed by atoms with Crippen molar-refractivity contribution in [2.45, 2.75) is 13.0 Å². The lowest BCUT2D eigenvalue weighted by molar-refractivity contribution is 0.0940. The maximum atomic E-state index is 13.0. The highest BCUT2D eigenvalue weighted by molar-refractivity contribution is 5.99. The number of anilines is 2. The lowest BCUT2D eigenvalue weighted by atomic mass is 10.1. The Labute approximate surface area is 162 Å². The molecular weight excluding hydrogens is 357 g/mol. The van der Waals surface area contributed by atoms with E-state index < -0.39 is 0 Å². The number of amides is 3. The molecular formula is C22H20FN3O2. The summed E-state index contributed by atoms with van der Waals surface area (Å²) >= 11 is 0. The number of halogens is 1. The van der Waals surface area contributed by atoms with Crippen LogP contribution in [0.3, 0.4) is 0 Å². The summed E-state index contributed by atoms with van der Waals surface area (Å²) in [6.45, 7) is 1.85. The molecule has 5 nitrogen and oxygen atoms in total. The number of rotatable bonds is 5. The summed E-state index contributed by atoms with van der Waals surface area (Å²) in [7, 11) is 0. The van der Waals surface area contributed by atoms with Crippen LogP contribution >= 0.6 is 0 Å². The highest BCUT2D eigenvalue weighted by atomic mass is 19.1. The molecule has 0 heterocycles. The molecule has 3 N–H and O–H groups in total. The van der Waals surface area contributed by atoms with Gasteiger partial charge in [0, 0.05) is 16.9 Å². The van der Waals surface area contributed by atoms with E-state index in [0.717, 1.165) is 5.56 Å². The zero-order valence-electron chi connectivity index (χ0n) is 15.3. The first-order chi connectivity index (χ1) is 13.5. The van der Waals surface area contributed by atoms with Gasteiger partial charge in [-0.05, 0) is 61.0 Å². The molecule has 28 heavy (non-hydrogen) atoms. The minimum atomic E-state index is -0.385. The largest absolute Gasteiger partial charge is 0.346 e. The number of carbonyl (C=O) groups is 2. The van der Waals surface area contributed by atoms with Gasteiger partial charge < -0.3 is 16.0 Å². The van der Waals surface area contributed by atoms with Crippen molar-refractivity contribution in [1.29, 1.82) is 0 Å². The van der Waals surface area contributed by atoms with E-state index in [4.69, 9.17) is 0 Å². The fourth-order valence-corrected chi connectivity index (χ4v) is 2.63. The van der Waals surface area contributed by atoms with Crippen LogP contribution in [-0.4, -0.2) is 11.9 Å². The molecule has 1 atom stereocenters. The predicted molar refractivity (Wildman–Crippen MR) is 108 cm³/mol. The van der Waals surface area contributed by atoms with Gasteiger partial charge in [0.1, 0.15) is 5.82 Å². The average Bonchev–Trinajstić information content (AvgIpc) is 2.69. The second-order valence-electron chi connectivity index (χ2n) is 6.27. The Morgan fingerprint density at radius 3 is 1.96 bits per heavy atom. The van der Waals surface area contributed by atoms with E-state index in [1.54, 1.807) is 24.3 Å². The average molecular weight is 377 g/mol. The second kappa shape index (κ2) is 8.81. The van der Waals surface area contributed by atoms with Crippen LogP contribution in [0.25, 0.3) is 0 Å². The standard InChI is InChI=1S/C22H20FN3O2/c1-15(24-21(27)17-7-11-18(23)12-8-17)16-9-13-20(14-10-16)26-22(28)25-19-5-3-2-4-6-19/h2-15H,1H3,(H,24,27)(H2,25,26,28). The second-order valence-corrected chi connectivity index (χ2v) is 6.27. The number of hydrogen-bond donors (Lipinski definition) is 3. The van der Waals surface area contributed by atoms with Crippen molar-refractivity contribution in [3.63, 3.8) is 0 Å². The highest BCUT2D eigenvalue weighted by Crippen LogP contribution is 2.17. The van der Waals surface area contributed by atoms with Gasteiger partial charge in [-0.15, -0.1) is 0 Å². The van der Waals surface area contributed by atoms with Crippen molar-refractivity contribution < 1.29 is 14.0 Å². The number of urea groups is 1. The van der Waals surface area contributed by atoms with Crippen molar-refractivity contribution >= 4 is 23.3 Å². The zero-order chi connectivity index (χ0) is 19.9. The van der Waals surface area contributed by atoms with Gasteiger partial charge in [-0.3, -0.25) is 4.79 Å². The number of benzene rings is 3. The summed E-state index contributed by atoms with van der Waals surface area (Å²) in [5.41, 5.74) is 2.61. The van der Waals surface area contributed by atoms with Gasteiger partial charge in [-0.25, -0.2) is 9.18 Å². The van der Waals surface area contributed by atoms with Crippen LogP contribution in [0.4, 0.5) is 20.6 Å². The molecule has 3 aromatic rings. The van der Waals surface area contributed by atoms with Crippen molar-refractivity contribution in [3.8, 4) is 0 Å². The van der Waals surface area contributed by atoms with Gasteiger partial charge in [0.25, 0.3) is 5.91 Å². The Kier molecular flexibility index (Phi) is 6.01. The first kappa shape index (κ1) is 19.1. The Morgan fingerprint density at radius 1 is 0.786 bits per heavy atom. The lowest BCUT2D eigenvalue weighted by Gasteiger charge is -2.15. The minimum absolute atomic E-state index is 0.246. The molecule has 0 bridgehead atoms. The zero-order valence-corrected chi connectivity index (χ0v) is 15.3. The fourth-order valence-electron chi connectivity index (χ4n) is 2.63. The summed E-state index contributed by atoms with van der Waals surface area (Å²) in [5, 5.41) is 8.36. The molecule has 0 spiro atoms. The van der Waals surface area contributed by atoms with E-state index in [2.05, 4.69) is 16.0 Å². The monoisotopic (exact) mass is 377 g/mol. The number of para-hydroxylation sites is 1. The van der Waals surface area contributed by atoms with Gasteiger partial charge in [-0.1, -0.05) is 30.3 Å². The molecule has 3 rings (SSSR count). The molecule has 0 aliphatic heterocycles. The SMILES string of the molecule is CC(NC(=O)c1ccc(F)cc1)c1ccc(NC(=O)Nc2ccccc2)cc1. The first-order valence-electron chi connectivity index (χ1n) is 8.81. The Bertz CT molecular complexity index is 942. The molecule has 0 aliphatic rings. The molecule has 3 aromatic carbocycles. The lowest BCUT2D eigenvalue weighted by Crippen LogP contribution is -2.26. The van der Waals surface area contributed by atoms with E-state index in [0.29, 0.717) is 16.9 Å². The third-order valence-corrected chi connectivity index (χ3v) is 4.15. The summed E-state index contributed by atoms with van der Waals surface area (Å²) in [6.07, 6.45) is 0. The fraction of sp³-hybridized carbons (Fsp3) is 0.0909. The van der Waals surface area contributed by atoms with E-state index in [-0.39, 0.29) is 23.8 Å². The van der Waals surface area contributed by atoms with E-state index in [1.165, 1.54) is 24.3 Å². The third-order valence-electron chi connectivity index (χ3n) is 4.15. The van der Waals surface area contributed by atoms with Crippen LogP contribution in [0.15, 0.2) is 78.9 Å². The third kappa shape index (κ3) is 5.17. The summed E-state index contributed by atoms with van der Waals surface area (Å²) in [4.78, 5) is 24.2. The summed E-state index contributed by atoms with van der Waals surface area (Å²) in [5.74, 6) is -0.666. The van der Waals surface area contributed by atoms with Crippen LogP contribution in [0.2, 0.25) is 0 Å². The van der Waals surface area contributed by atoms with Gasteiger partial charge in [-0.2, -0.15) is 0 Å². The Hall–Kier alpha value is -3.67. The number of carbonyl (C=O) groups excluding carboxylic acids is 2. The molecule has 6 heteroatoms. The quantitative estimate of drug-likeness (QED) is 0.588. The molecule has 0 aromatic heterocycles. The predicted octanol–water partition coefficient (Wildman–Crippen LogP) is 4.96. The van der Waals surface area contributed by atoms with Crippen LogP contribution in [0.1, 0.15) is 28.9 Å². The molecule has 0 radical (unpaired) electrons. The summed E-state index contributed by atoms with van der Waals surface area (Å²) < 4.78 is 13.0. The molecule has 142 valence electrons. The van der Waals surface area contributed by atoms with Crippen LogP contribution < -0.4 is 16.0 Å². The molecule has 0 saturated carbocycles. The van der Waals surface area contributed by atoms with Crippen molar-refractivity contribution in [1.82, 2.24) is 5.32 Å². The van der Waals surface area contributed by atoms with Gasteiger partial charge >= 0.3 is 6.03 Å². The van der Waals surface area contributed by atoms with Crippen molar-refractivity contribution in [3.05, 3.63) is 95.8 Å². The Morgan fingerprint density at radius 2 is 1.36 bits per heavy atom. The molecule has 3 amide bonds. The van der Waals surface area contributed by atoms with E-state index in [9.17, 15) is 14.0 Å². The summed E-state index contributed by atoms with van der Waals surface area (Å²) in [6, 6.07) is 21.1. The molecule has 0 saturated heterocycles. The van der Waals surface area contributed by atoms with Gasteiger partial charge in [0.05, 0.1) is 6.04 Å². The van der Waals surface area contributed by atoms with Crippen molar-refractivity contribution in [2.24, 2.45) is 0 Å². The van der Waals surface area contributed by atoms with Crippen molar-refractivity contribution in [2.75, 3.05) is 10.6 Å². The van der Waals surface area contributed by atoms with Crippen LogP contribution in [-0.2, 0) is 0 Å². The number of hydrogen-bond acceptors (Lipinski definition) is 2. The molecule has 0 fully saturated rings. The van der Waals surface area contributed by atoms with Gasteiger partial charge in [0.15, 0.2) is 0 Å². The molecule has 0 aliphatic carbocycles. The van der Waals surface area contributed by atoms with Gasteiger partial charge in [0.2, 0.25) is 0 Å². The number of nitrogens with one attached hydrogen (secondary N) is 3. The minimum Gasteiger partial charge on any atom is -0.346 e. The van der Waals surface area contributed by atoms with E-state index >= 15 is 0 Å². The normalized spacial score (nSPS) is 11.4. The maximum Gasteiger partial charge on any atom is 0.323 e. The highest BCUT2D eigenvalue weighted by Gasteiger charge is 2.12. The smallest absolute Gasteiger partial charge is 0.323 e. The molecule has 1 unspecified atom stereocenters. The Balaban J connectivity index is 1.56. The topological polar surface area (TPSA) is 70.2 Å². The van der Waals surface area contributed by atoms with Crippen LogP contribution in [0, 0.1) is 5.82 Å². The maximum absolute atomic E-state index is 13.0. The van der Waals surface area contributed by atoms with E-state index in [1.807, 2.05) is 37.3 Å².